The van der Waals surface area contributed by atoms with Crippen molar-refractivity contribution in [3.05, 3.63) is 88.4 Å². The molecule has 1 aliphatic rings. The van der Waals surface area contributed by atoms with Crippen molar-refractivity contribution in [1.82, 2.24) is 15.5 Å². The van der Waals surface area contributed by atoms with Gasteiger partial charge in [0.2, 0.25) is 0 Å². The number of aliphatic hydroxyl groups is 1. The third kappa shape index (κ3) is 7.24. The smallest absolute Gasteiger partial charge is 0.406 e. The number of carbonyl (C=O) groups excluding carboxylic acids is 2. The van der Waals surface area contributed by atoms with Gasteiger partial charge in [-0.15, -0.1) is 0 Å². The van der Waals surface area contributed by atoms with Crippen LogP contribution < -0.4 is 15.4 Å². The number of piperidine rings is 1. The van der Waals surface area contributed by atoms with Crippen molar-refractivity contribution in [1.29, 1.82) is 0 Å². The molecule has 3 N–H and O–H groups in total. The minimum absolute atomic E-state index is 0.0514. The largest absolute Gasteiger partial charge is 0.497 e. The van der Waals surface area contributed by atoms with E-state index in [0.29, 0.717) is 54.4 Å². The van der Waals surface area contributed by atoms with E-state index in [0.717, 1.165) is 36.1 Å². The molecule has 0 aliphatic carbocycles. The van der Waals surface area contributed by atoms with Crippen molar-refractivity contribution in [2.24, 2.45) is 5.92 Å². The molecule has 3 aromatic carbocycles. The lowest BCUT2D eigenvalue weighted by molar-refractivity contribution is -0.0563. The Bertz CT molecular complexity index is 1370. The number of amides is 2. The third-order valence-corrected chi connectivity index (χ3v) is 8.31. The summed E-state index contributed by atoms with van der Waals surface area (Å²) < 4.78 is 10.2. The molecule has 1 fully saturated rings. The lowest BCUT2D eigenvalue weighted by Gasteiger charge is -2.44. The molecule has 0 saturated carbocycles. The number of nitrogens with one attached hydrogen (secondary N) is 2. The van der Waals surface area contributed by atoms with E-state index >= 15 is 0 Å². The Balaban J connectivity index is 1.69. The number of alkyl carbamates (subject to hydrolysis) is 1. The van der Waals surface area contributed by atoms with Crippen molar-refractivity contribution in [3.8, 4) is 16.9 Å². The van der Waals surface area contributed by atoms with Gasteiger partial charge in [-0.3, -0.25) is 4.79 Å². The van der Waals surface area contributed by atoms with Crippen molar-refractivity contribution in [2.75, 3.05) is 40.9 Å². The normalized spacial score (nSPS) is 16.4. The van der Waals surface area contributed by atoms with Gasteiger partial charge in [0.1, 0.15) is 5.75 Å². The number of ether oxygens (including phenoxy) is 2. The van der Waals surface area contributed by atoms with E-state index in [1.165, 1.54) is 7.11 Å². The zero-order valence-corrected chi connectivity index (χ0v) is 25.2. The molecule has 1 heterocycles. The van der Waals surface area contributed by atoms with Crippen LogP contribution in [0, 0.1) is 5.92 Å². The number of nitrogens with zero attached hydrogens (tertiary/aromatic N) is 1. The summed E-state index contributed by atoms with van der Waals surface area (Å²) in [4.78, 5) is 27.1. The van der Waals surface area contributed by atoms with Gasteiger partial charge in [-0.2, -0.15) is 0 Å². The van der Waals surface area contributed by atoms with E-state index in [9.17, 15) is 14.7 Å². The van der Waals surface area contributed by atoms with Gasteiger partial charge in [-0.1, -0.05) is 48.0 Å². The van der Waals surface area contributed by atoms with Crippen molar-refractivity contribution in [2.45, 2.75) is 37.8 Å². The molecule has 9 heteroatoms. The summed E-state index contributed by atoms with van der Waals surface area (Å²) in [7, 11) is 4.82. The van der Waals surface area contributed by atoms with Crippen LogP contribution in [0.5, 0.6) is 5.75 Å². The Labute approximate surface area is 253 Å². The Kier molecular flexibility index (Phi) is 10.8. The van der Waals surface area contributed by atoms with Crippen LogP contribution in [0.15, 0.2) is 66.7 Å². The highest BCUT2D eigenvalue weighted by molar-refractivity contribution is 6.33. The molecule has 0 bridgehead atoms. The van der Waals surface area contributed by atoms with Crippen LogP contribution in [0.4, 0.5) is 4.79 Å². The van der Waals surface area contributed by atoms with Gasteiger partial charge < -0.3 is 30.1 Å². The fourth-order valence-corrected chi connectivity index (χ4v) is 6.12. The summed E-state index contributed by atoms with van der Waals surface area (Å²) in [5.41, 5.74) is 2.64. The summed E-state index contributed by atoms with van der Waals surface area (Å²) in [6, 6.07) is 20.8. The first-order valence-corrected chi connectivity index (χ1v) is 14.7. The highest BCUT2D eigenvalue weighted by Crippen LogP contribution is 2.46. The number of benzene rings is 3. The SMILES string of the molecule is CNCc1ccc(C(=O)N2CCC[C@@H](C(O)(CCCNC(=O)OC)c3cccc(Cl)c3-c3cccc(OC)c3)C2)cc1. The maximum atomic E-state index is 13.6. The number of methoxy groups -OCH3 is 2. The van der Waals surface area contributed by atoms with E-state index in [2.05, 4.69) is 10.6 Å². The number of halogens is 1. The predicted molar refractivity (Wildman–Crippen MR) is 165 cm³/mol. The van der Waals surface area contributed by atoms with Crippen LogP contribution >= 0.6 is 11.6 Å². The first-order valence-electron chi connectivity index (χ1n) is 14.3. The average molecular weight is 594 g/mol. The number of likely N-dealkylation sites (tertiary alicyclic amines) is 1. The summed E-state index contributed by atoms with van der Waals surface area (Å²) >= 11 is 6.83. The molecule has 0 radical (unpaired) electrons. The number of hydrogen-bond acceptors (Lipinski definition) is 6. The van der Waals surface area contributed by atoms with Crippen LogP contribution in [0.25, 0.3) is 11.1 Å². The molecule has 8 nitrogen and oxygen atoms in total. The second-order valence-electron chi connectivity index (χ2n) is 10.7. The topological polar surface area (TPSA) is 100 Å². The second kappa shape index (κ2) is 14.5. The van der Waals surface area contributed by atoms with Gasteiger partial charge in [-0.25, -0.2) is 4.79 Å². The summed E-state index contributed by atoms with van der Waals surface area (Å²) in [6.07, 6.45) is 1.81. The van der Waals surface area contributed by atoms with Crippen molar-refractivity contribution < 1.29 is 24.2 Å². The van der Waals surface area contributed by atoms with Crippen molar-refractivity contribution >= 4 is 23.6 Å². The molecule has 1 aliphatic heterocycles. The highest BCUT2D eigenvalue weighted by Gasteiger charge is 2.43. The van der Waals surface area contributed by atoms with E-state index in [-0.39, 0.29) is 11.8 Å². The van der Waals surface area contributed by atoms with Gasteiger partial charge in [-0.05, 0) is 79.8 Å². The van der Waals surface area contributed by atoms with Gasteiger partial charge in [0.05, 0.1) is 19.8 Å². The van der Waals surface area contributed by atoms with Crippen LogP contribution in [0.2, 0.25) is 5.02 Å². The number of carbonyl (C=O) groups is 2. The summed E-state index contributed by atoms with van der Waals surface area (Å²) in [6.45, 7) is 2.07. The van der Waals surface area contributed by atoms with Crippen molar-refractivity contribution in [3.63, 3.8) is 0 Å². The first kappa shape index (κ1) is 31.3. The lowest BCUT2D eigenvalue weighted by atomic mass is 9.72. The van der Waals surface area contributed by atoms with E-state index in [1.807, 2.05) is 78.7 Å². The molecule has 1 saturated heterocycles. The lowest BCUT2D eigenvalue weighted by Crippen LogP contribution is -2.48. The van der Waals surface area contributed by atoms with Gasteiger partial charge in [0.25, 0.3) is 5.91 Å². The van der Waals surface area contributed by atoms with E-state index < -0.39 is 11.7 Å². The zero-order valence-electron chi connectivity index (χ0n) is 24.5. The third-order valence-electron chi connectivity index (χ3n) is 7.99. The monoisotopic (exact) mass is 593 g/mol. The van der Waals surface area contributed by atoms with Crippen LogP contribution in [-0.2, 0) is 16.9 Å². The second-order valence-corrected chi connectivity index (χ2v) is 11.1. The fraction of sp³-hybridized carbons (Fsp3) is 0.394. The Hall–Kier alpha value is -3.59. The highest BCUT2D eigenvalue weighted by atomic mass is 35.5. The molecule has 42 heavy (non-hydrogen) atoms. The minimum atomic E-state index is -1.34. The maximum Gasteiger partial charge on any atom is 0.406 e. The van der Waals surface area contributed by atoms with E-state index in [4.69, 9.17) is 21.1 Å². The van der Waals surface area contributed by atoms with Gasteiger partial charge in [0, 0.05) is 48.2 Å². The van der Waals surface area contributed by atoms with Crippen LogP contribution in [-0.4, -0.2) is 62.9 Å². The van der Waals surface area contributed by atoms with E-state index in [1.54, 1.807) is 7.11 Å². The maximum absolute atomic E-state index is 13.6. The fourth-order valence-electron chi connectivity index (χ4n) is 5.84. The standard InChI is InChI=1S/C33H40ClN3O5/c1-35-21-23-13-15-24(16-14-23)31(38)37-19-6-9-26(22-37)33(40,17-7-18-36-32(39)42-3)28-11-5-12-29(34)30(28)25-8-4-10-27(20-25)41-2/h4-5,8,10-16,20,26,35,40H,6-7,9,17-19,21-22H2,1-3H3,(H,36,39)/t26-,33?/m1/s1. The molecular formula is C33H40ClN3O5. The van der Waals surface area contributed by atoms with Gasteiger partial charge in [0.15, 0.2) is 0 Å². The summed E-state index contributed by atoms with van der Waals surface area (Å²) in [5, 5.41) is 19.1. The van der Waals surface area contributed by atoms with Gasteiger partial charge >= 0.3 is 6.09 Å². The molecular weight excluding hydrogens is 554 g/mol. The number of hydrogen-bond donors (Lipinski definition) is 3. The Morgan fingerprint density at radius 1 is 1.10 bits per heavy atom. The first-order chi connectivity index (χ1) is 20.3. The molecule has 2 amide bonds. The summed E-state index contributed by atoms with van der Waals surface area (Å²) in [5.74, 6) is 0.364. The molecule has 0 aromatic heterocycles. The minimum Gasteiger partial charge on any atom is -0.497 e. The quantitative estimate of drug-likeness (QED) is 0.250. The Morgan fingerprint density at radius 3 is 2.57 bits per heavy atom. The van der Waals surface area contributed by atoms with Crippen LogP contribution in [0.3, 0.4) is 0 Å². The molecule has 2 atom stereocenters. The molecule has 0 spiro atoms. The molecule has 224 valence electrons. The Morgan fingerprint density at radius 2 is 1.86 bits per heavy atom. The number of rotatable bonds is 11. The molecule has 4 rings (SSSR count). The molecule has 3 aromatic rings. The predicted octanol–water partition coefficient (Wildman–Crippen LogP) is 5.61. The van der Waals surface area contributed by atoms with Crippen LogP contribution in [0.1, 0.15) is 47.2 Å². The zero-order chi connectivity index (χ0) is 30.1. The molecule has 1 unspecified atom stereocenters. The average Bonchev–Trinajstić information content (AvgIpc) is 3.03.